The monoisotopic (exact) mass is 280 g/mol. The van der Waals surface area contributed by atoms with Gasteiger partial charge in [0.25, 0.3) is 0 Å². The molecule has 0 heterocycles. The van der Waals surface area contributed by atoms with Crippen LogP contribution in [0.25, 0.3) is 0 Å². The Kier molecular flexibility index (Phi) is 6.35. The normalized spacial score (nSPS) is 23.9. The molecule has 0 amide bonds. The molecule has 2 rings (SSSR count). The molecule has 0 aromatic heterocycles. The standard InChI is InChI=1S/C18H36N2/c1-16(2)15-20(17-9-5-6-10-17)14-13-18(19-3)11-7-4-8-12-18/h16-17,19H,4-15H2,1-3H3. The van der Waals surface area contributed by atoms with Crippen molar-refractivity contribution in [3.05, 3.63) is 0 Å². The topological polar surface area (TPSA) is 15.3 Å². The fourth-order valence-corrected chi connectivity index (χ4v) is 4.37. The van der Waals surface area contributed by atoms with Crippen molar-refractivity contribution >= 4 is 0 Å². The average molecular weight is 280 g/mol. The molecule has 0 spiro atoms. The Balaban J connectivity index is 1.89. The third-order valence-electron chi connectivity index (χ3n) is 5.66. The van der Waals surface area contributed by atoms with E-state index in [-0.39, 0.29) is 0 Å². The van der Waals surface area contributed by atoms with Crippen LogP contribution < -0.4 is 5.32 Å². The highest BCUT2D eigenvalue weighted by Crippen LogP contribution is 2.32. The van der Waals surface area contributed by atoms with Gasteiger partial charge in [-0.15, -0.1) is 0 Å². The van der Waals surface area contributed by atoms with Crippen molar-refractivity contribution in [3.8, 4) is 0 Å². The maximum Gasteiger partial charge on any atom is 0.0190 e. The van der Waals surface area contributed by atoms with E-state index in [0.717, 1.165) is 12.0 Å². The molecule has 1 N–H and O–H groups in total. The maximum absolute atomic E-state index is 3.69. The van der Waals surface area contributed by atoms with Gasteiger partial charge in [0.1, 0.15) is 0 Å². The number of hydrogen-bond acceptors (Lipinski definition) is 2. The Labute approximate surface area is 126 Å². The second-order valence-corrected chi connectivity index (χ2v) is 7.67. The van der Waals surface area contributed by atoms with Crippen molar-refractivity contribution < 1.29 is 0 Å². The van der Waals surface area contributed by atoms with Crippen LogP contribution in [0.4, 0.5) is 0 Å². The first-order chi connectivity index (χ1) is 9.65. The van der Waals surface area contributed by atoms with Crippen molar-refractivity contribution in [1.29, 1.82) is 0 Å². The van der Waals surface area contributed by atoms with Crippen molar-refractivity contribution in [2.75, 3.05) is 20.1 Å². The predicted molar refractivity (Wildman–Crippen MR) is 88.2 cm³/mol. The Morgan fingerprint density at radius 3 is 2.25 bits per heavy atom. The molecule has 0 radical (unpaired) electrons. The molecule has 2 aliphatic rings. The molecular weight excluding hydrogens is 244 g/mol. The summed E-state index contributed by atoms with van der Waals surface area (Å²) in [4.78, 5) is 2.82. The first-order valence-corrected chi connectivity index (χ1v) is 9.08. The van der Waals surface area contributed by atoms with Gasteiger partial charge in [-0.2, -0.15) is 0 Å². The van der Waals surface area contributed by atoms with Crippen molar-refractivity contribution in [3.63, 3.8) is 0 Å². The summed E-state index contributed by atoms with van der Waals surface area (Å²) in [7, 11) is 2.19. The smallest absolute Gasteiger partial charge is 0.0190 e. The van der Waals surface area contributed by atoms with Crippen LogP contribution in [0.2, 0.25) is 0 Å². The lowest BCUT2D eigenvalue weighted by Crippen LogP contribution is -2.48. The lowest BCUT2D eigenvalue weighted by molar-refractivity contribution is 0.137. The van der Waals surface area contributed by atoms with E-state index in [1.807, 2.05) is 0 Å². The second kappa shape index (κ2) is 7.79. The van der Waals surface area contributed by atoms with Crippen LogP contribution in [0.15, 0.2) is 0 Å². The first kappa shape index (κ1) is 16.3. The van der Waals surface area contributed by atoms with Gasteiger partial charge in [-0.25, -0.2) is 0 Å². The summed E-state index contributed by atoms with van der Waals surface area (Å²) in [5.41, 5.74) is 0.450. The number of nitrogens with one attached hydrogen (secondary N) is 1. The predicted octanol–water partition coefficient (Wildman–Crippen LogP) is 4.20. The molecule has 0 atom stereocenters. The van der Waals surface area contributed by atoms with E-state index < -0.39 is 0 Å². The highest BCUT2D eigenvalue weighted by Gasteiger charge is 2.32. The van der Waals surface area contributed by atoms with Crippen molar-refractivity contribution in [1.82, 2.24) is 10.2 Å². The van der Waals surface area contributed by atoms with Gasteiger partial charge >= 0.3 is 0 Å². The molecule has 118 valence electrons. The third kappa shape index (κ3) is 4.46. The van der Waals surface area contributed by atoms with E-state index in [4.69, 9.17) is 0 Å². The fourth-order valence-electron chi connectivity index (χ4n) is 4.37. The molecule has 0 bridgehead atoms. The molecule has 2 aliphatic carbocycles. The van der Waals surface area contributed by atoms with Crippen LogP contribution in [0.5, 0.6) is 0 Å². The summed E-state index contributed by atoms with van der Waals surface area (Å²) in [5.74, 6) is 0.799. The van der Waals surface area contributed by atoms with Gasteiger partial charge in [0.2, 0.25) is 0 Å². The largest absolute Gasteiger partial charge is 0.314 e. The molecular formula is C18H36N2. The van der Waals surface area contributed by atoms with Crippen molar-refractivity contribution in [2.24, 2.45) is 5.92 Å². The van der Waals surface area contributed by atoms with Gasteiger partial charge < -0.3 is 10.2 Å². The van der Waals surface area contributed by atoms with E-state index in [9.17, 15) is 0 Å². The number of hydrogen-bond donors (Lipinski definition) is 1. The summed E-state index contributed by atoms with van der Waals surface area (Å²) in [5, 5.41) is 3.69. The zero-order chi connectivity index (χ0) is 14.4. The minimum atomic E-state index is 0.450. The number of rotatable bonds is 7. The maximum atomic E-state index is 3.69. The third-order valence-corrected chi connectivity index (χ3v) is 5.66. The van der Waals surface area contributed by atoms with Gasteiger partial charge in [-0.1, -0.05) is 46.0 Å². The van der Waals surface area contributed by atoms with E-state index >= 15 is 0 Å². The summed E-state index contributed by atoms with van der Waals surface area (Å²) in [6, 6.07) is 0.884. The van der Waals surface area contributed by atoms with E-state index in [1.54, 1.807) is 0 Å². The highest BCUT2D eigenvalue weighted by atomic mass is 15.2. The number of nitrogens with zero attached hydrogens (tertiary/aromatic N) is 1. The quantitative estimate of drug-likeness (QED) is 0.752. The average Bonchev–Trinajstić information content (AvgIpc) is 2.98. The first-order valence-electron chi connectivity index (χ1n) is 9.08. The Morgan fingerprint density at radius 1 is 1.05 bits per heavy atom. The summed E-state index contributed by atoms with van der Waals surface area (Å²) < 4.78 is 0. The van der Waals surface area contributed by atoms with Gasteiger partial charge in [-0.3, -0.25) is 0 Å². The second-order valence-electron chi connectivity index (χ2n) is 7.67. The summed E-state index contributed by atoms with van der Waals surface area (Å²) in [6.07, 6.45) is 14.2. The lowest BCUT2D eigenvalue weighted by atomic mass is 9.79. The minimum Gasteiger partial charge on any atom is -0.314 e. The lowest BCUT2D eigenvalue weighted by Gasteiger charge is -2.40. The molecule has 20 heavy (non-hydrogen) atoms. The molecule has 0 aromatic rings. The Bertz CT molecular complexity index is 263. The molecule has 2 fully saturated rings. The van der Waals surface area contributed by atoms with Gasteiger partial charge in [0, 0.05) is 24.7 Å². The van der Waals surface area contributed by atoms with E-state index in [1.165, 1.54) is 77.3 Å². The van der Waals surface area contributed by atoms with Gasteiger partial charge in [0.15, 0.2) is 0 Å². The summed E-state index contributed by atoms with van der Waals surface area (Å²) >= 11 is 0. The van der Waals surface area contributed by atoms with Crippen LogP contribution in [-0.4, -0.2) is 36.6 Å². The molecule has 0 saturated heterocycles. The SMILES string of the molecule is CNC1(CCN(CC(C)C)C2CCCC2)CCCCC1. The summed E-state index contributed by atoms with van der Waals surface area (Å²) in [6.45, 7) is 7.35. The van der Waals surface area contributed by atoms with E-state index in [2.05, 4.69) is 31.1 Å². The van der Waals surface area contributed by atoms with Gasteiger partial charge in [-0.05, 0) is 45.1 Å². The fraction of sp³-hybridized carbons (Fsp3) is 1.00. The molecule has 0 aliphatic heterocycles. The van der Waals surface area contributed by atoms with Crippen LogP contribution in [0.1, 0.15) is 78.1 Å². The zero-order valence-corrected chi connectivity index (χ0v) is 14.1. The van der Waals surface area contributed by atoms with Gasteiger partial charge in [0.05, 0.1) is 0 Å². The Hall–Kier alpha value is -0.0800. The van der Waals surface area contributed by atoms with Crippen LogP contribution in [0.3, 0.4) is 0 Å². The van der Waals surface area contributed by atoms with Crippen molar-refractivity contribution in [2.45, 2.75) is 89.6 Å². The van der Waals surface area contributed by atoms with Crippen LogP contribution in [-0.2, 0) is 0 Å². The minimum absolute atomic E-state index is 0.450. The zero-order valence-electron chi connectivity index (χ0n) is 14.1. The van der Waals surface area contributed by atoms with Crippen LogP contribution in [0, 0.1) is 5.92 Å². The molecule has 2 saturated carbocycles. The molecule has 2 heteroatoms. The molecule has 2 nitrogen and oxygen atoms in total. The molecule has 0 unspecified atom stereocenters. The molecule has 0 aromatic carbocycles. The van der Waals surface area contributed by atoms with Crippen LogP contribution >= 0.6 is 0 Å². The highest BCUT2D eigenvalue weighted by molar-refractivity contribution is 4.91. The Morgan fingerprint density at radius 2 is 1.70 bits per heavy atom. The van der Waals surface area contributed by atoms with E-state index in [0.29, 0.717) is 5.54 Å².